The molecule has 1 saturated heterocycles. The summed E-state index contributed by atoms with van der Waals surface area (Å²) < 4.78 is 0. The summed E-state index contributed by atoms with van der Waals surface area (Å²) in [6.07, 6.45) is 3.39. The number of halogens is 1. The highest BCUT2D eigenvalue weighted by Gasteiger charge is 2.21. The topological polar surface area (TPSA) is 53.2 Å². The highest BCUT2D eigenvalue weighted by atomic mass is 35.5. The molecule has 1 aliphatic rings. The van der Waals surface area contributed by atoms with E-state index in [0.29, 0.717) is 23.5 Å². The molecule has 2 atom stereocenters. The van der Waals surface area contributed by atoms with Crippen LogP contribution >= 0.6 is 11.6 Å². The minimum atomic E-state index is -0.185. The third kappa shape index (κ3) is 5.76. The van der Waals surface area contributed by atoms with Crippen LogP contribution in [0.15, 0.2) is 54.6 Å². The first-order valence-electron chi connectivity index (χ1n) is 8.77. The molecule has 2 aromatic rings. The monoisotopic (exact) mass is 357 g/mol. The largest absolute Gasteiger partial charge is 0.336 e. The highest BCUT2D eigenvalue weighted by molar-refractivity contribution is 6.30. The Morgan fingerprint density at radius 2 is 1.84 bits per heavy atom. The molecule has 1 aliphatic heterocycles. The van der Waals surface area contributed by atoms with Crippen LogP contribution in [-0.4, -0.2) is 25.2 Å². The molecule has 0 radical (unpaired) electrons. The number of benzene rings is 2. The SMILES string of the molecule is O=C(NCC1CCC(Cc2ccccc2)CN1)Nc1ccc(Cl)cc1. The number of rotatable bonds is 5. The van der Waals surface area contributed by atoms with Gasteiger partial charge in [-0.05, 0) is 61.6 Å². The molecule has 2 aromatic carbocycles. The van der Waals surface area contributed by atoms with Gasteiger partial charge in [0.1, 0.15) is 0 Å². The number of carbonyl (C=O) groups is 1. The summed E-state index contributed by atoms with van der Waals surface area (Å²) in [5.74, 6) is 0.668. The Morgan fingerprint density at radius 1 is 1.08 bits per heavy atom. The second-order valence-corrected chi connectivity index (χ2v) is 7.02. The Labute approximate surface area is 154 Å². The van der Waals surface area contributed by atoms with Gasteiger partial charge in [-0.25, -0.2) is 4.79 Å². The summed E-state index contributed by atoms with van der Waals surface area (Å²) in [7, 11) is 0. The molecule has 132 valence electrons. The summed E-state index contributed by atoms with van der Waals surface area (Å²) in [4.78, 5) is 12.0. The van der Waals surface area contributed by atoms with Crippen LogP contribution in [-0.2, 0) is 6.42 Å². The number of urea groups is 1. The molecule has 1 heterocycles. The van der Waals surface area contributed by atoms with E-state index in [-0.39, 0.29) is 6.03 Å². The van der Waals surface area contributed by atoms with Crippen molar-refractivity contribution in [3.05, 3.63) is 65.2 Å². The van der Waals surface area contributed by atoms with Gasteiger partial charge in [0, 0.05) is 23.3 Å². The number of carbonyl (C=O) groups excluding carboxylic acids is 1. The van der Waals surface area contributed by atoms with Crippen molar-refractivity contribution in [3.8, 4) is 0 Å². The van der Waals surface area contributed by atoms with Crippen molar-refractivity contribution in [1.82, 2.24) is 10.6 Å². The highest BCUT2D eigenvalue weighted by Crippen LogP contribution is 2.19. The van der Waals surface area contributed by atoms with Crippen molar-refractivity contribution in [1.29, 1.82) is 0 Å². The molecule has 25 heavy (non-hydrogen) atoms. The van der Waals surface area contributed by atoms with Crippen molar-refractivity contribution in [2.45, 2.75) is 25.3 Å². The number of nitrogens with one attached hydrogen (secondary N) is 3. The average Bonchev–Trinajstić information content (AvgIpc) is 2.64. The lowest BCUT2D eigenvalue weighted by Crippen LogP contribution is -2.47. The molecule has 3 rings (SSSR count). The molecule has 2 unspecified atom stereocenters. The van der Waals surface area contributed by atoms with E-state index in [1.165, 1.54) is 12.0 Å². The minimum Gasteiger partial charge on any atom is -0.336 e. The molecule has 0 aromatic heterocycles. The van der Waals surface area contributed by atoms with Gasteiger partial charge in [-0.15, -0.1) is 0 Å². The summed E-state index contributed by atoms with van der Waals surface area (Å²) >= 11 is 5.84. The smallest absolute Gasteiger partial charge is 0.319 e. The van der Waals surface area contributed by atoms with Crippen LogP contribution in [0.25, 0.3) is 0 Å². The predicted octanol–water partition coefficient (Wildman–Crippen LogP) is 4.07. The third-order valence-electron chi connectivity index (χ3n) is 4.60. The van der Waals surface area contributed by atoms with Gasteiger partial charge in [0.05, 0.1) is 0 Å². The Hall–Kier alpha value is -2.04. The fraction of sp³-hybridized carbons (Fsp3) is 0.350. The van der Waals surface area contributed by atoms with E-state index in [0.717, 1.165) is 25.1 Å². The van der Waals surface area contributed by atoms with Gasteiger partial charge < -0.3 is 16.0 Å². The van der Waals surface area contributed by atoms with Crippen LogP contribution in [0.5, 0.6) is 0 Å². The van der Waals surface area contributed by atoms with Gasteiger partial charge >= 0.3 is 6.03 Å². The van der Waals surface area contributed by atoms with Gasteiger partial charge in [-0.3, -0.25) is 0 Å². The maximum Gasteiger partial charge on any atom is 0.319 e. The van der Waals surface area contributed by atoms with Gasteiger partial charge in [-0.1, -0.05) is 41.9 Å². The fourth-order valence-electron chi connectivity index (χ4n) is 3.19. The number of hydrogen-bond donors (Lipinski definition) is 3. The fourth-order valence-corrected chi connectivity index (χ4v) is 3.32. The summed E-state index contributed by atoms with van der Waals surface area (Å²) in [6, 6.07) is 17.9. The number of amides is 2. The first-order valence-corrected chi connectivity index (χ1v) is 9.14. The van der Waals surface area contributed by atoms with Crippen molar-refractivity contribution < 1.29 is 4.79 Å². The minimum absolute atomic E-state index is 0.185. The molecular formula is C20H24ClN3O. The molecule has 0 spiro atoms. The quantitative estimate of drug-likeness (QED) is 0.755. The van der Waals surface area contributed by atoms with Crippen molar-refractivity contribution in [3.63, 3.8) is 0 Å². The van der Waals surface area contributed by atoms with Crippen molar-refractivity contribution in [2.75, 3.05) is 18.4 Å². The Morgan fingerprint density at radius 3 is 2.52 bits per heavy atom. The predicted molar refractivity (Wildman–Crippen MR) is 103 cm³/mol. The van der Waals surface area contributed by atoms with E-state index in [4.69, 9.17) is 11.6 Å². The van der Waals surface area contributed by atoms with Gasteiger partial charge in [0.2, 0.25) is 0 Å². The summed E-state index contributed by atoms with van der Waals surface area (Å²) in [5, 5.41) is 9.96. The molecule has 5 heteroatoms. The zero-order valence-electron chi connectivity index (χ0n) is 14.2. The van der Waals surface area contributed by atoms with E-state index in [1.54, 1.807) is 24.3 Å². The zero-order chi connectivity index (χ0) is 17.5. The van der Waals surface area contributed by atoms with E-state index in [2.05, 4.69) is 46.3 Å². The lowest BCUT2D eigenvalue weighted by atomic mass is 9.89. The molecule has 0 aliphatic carbocycles. The van der Waals surface area contributed by atoms with E-state index < -0.39 is 0 Å². The van der Waals surface area contributed by atoms with Crippen LogP contribution in [0.4, 0.5) is 10.5 Å². The third-order valence-corrected chi connectivity index (χ3v) is 4.85. The van der Waals surface area contributed by atoms with E-state index >= 15 is 0 Å². The van der Waals surface area contributed by atoms with Crippen LogP contribution in [0.2, 0.25) is 5.02 Å². The second-order valence-electron chi connectivity index (χ2n) is 6.58. The Balaban J connectivity index is 1.36. The van der Waals surface area contributed by atoms with E-state index in [1.807, 2.05) is 0 Å². The molecule has 2 amide bonds. The number of hydrogen-bond acceptors (Lipinski definition) is 2. The Kier molecular flexibility index (Phi) is 6.31. The Bertz CT molecular complexity index is 667. The molecule has 1 fully saturated rings. The zero-order valence-corrected chi connectivity index (χ0v) is 14.9. The second kappa shape index (κ2) is 8.88. The first-order chi connectivity index (χ1) is 12.2. The lowest BCUT2D eigenvalue weighted by Gasteiger charge is -2.30. The van der Waals surface area contributed by atoms with Crippen LogP contribution in [0, 0.1) is 5.92 Å². The molecule has 4 nitrogen and oxygen atoms in total. The first kappa shape index (κ1) is 17.8. The normalized spacial score (nSPS) is 20.0. The summed E-state index contributed by atoms with van der Waals surface area (Å²) in [6.45, 7) is 1.64. The maximum absolute atomic E-state index is 12.0. The molecule has 0 saturated carbocycles. The van der Waals surface area contributed by atoms with Crippen LogP contribution in [0.3, 0.4) is 0 Å². The standard InChI is InChI=1S/C20H24ClN3O/c21-17-7-10-18(11-8-17)24-20(25)23-14-19-9-6-16(13-22-19)12-15-4-2-1-3-5-15/h1-5,7-8,10-11,16,19,22H,6,9,12-14H2,(H2,23,24,25). The van der Waals surface area contributed by atoms with Gasteiger partial charge in [-0.2, -0.15) is 0 Å². The maximum atomic E-state index is 12.0. The van der Waals surface area contributed by atoms with Crippen molar-refractivity contribution >= 4 is 23.3 Å². The molecule has 0 bridgehead atoms. The average molecular weight is 358 g/mol. The van der Waals surface area contributed by atoms with Crippen LogP contribution < -0.4 is 16.0 Å². The van der Waals surface area contributed by atoms with Crippen molar-refractivity contribution in [2.24, 2.45) is 5.92 Å². The molecule has 3 N–H and O–H groups in total. The molecular weight excluding hydrogens is 334 g/mol. The lowest BCUT2D eigenvalue weighted by molar-refractivity contribution is 0.247. The van der Waals surface area contributed by atoms with Gasteiger partial charge in [0.25, 0.3) is 0 Å². The number of piperidine rings is 1. The number of anilines is 1. The van der Waals surface area contributed by atoms with Crippen LogP contribution in [0.1, 0.15) is 18.4 Å². The summed E-state index contributed by atoms with van der Waals surface area (Å²) in [5.41, 5.74) is 2.13. The van der Waals surface area contributed by atoms with Gasteiger partial charge in [0.15, 0.2) is 0 Å². The van der Waals surface area contributed by atoms with E-state index in [9.17, 15) is 4.79 Å².